The third-order valence-corrected chi connectivity index (χ3v) is 7.44. The van der Waals surface area contributed by atoms with Gasteiger partial charge in [-0.1, -0.05) is 65.4 Å². The van der Waals surface area contributed by atoms with Crippen LogP contribution in [0.2, 0.25) is 5.02 Å². The number of carbonyl (C=O) groups excluding carboxylic acids is 1. The minimum atomic E-state index is -4.99. The average Bonchev–Trinajstić information content (AvgIpc) is 3.22. The summed E-state index contributed by atoms with van der Waals surface area (Å²) < 4.78 is 54.6. The van der Waals surface area contributed by atoms with E-state index in [1.165, 1.54) is 38.3 Å². The fraction of sp³-hybridized carbons (Fsp3) is 0.179. The average molecular weight is 573 g/mol. The van der Waals surface area contributed by atoms with E-state index in [9.17, 15) is 22.8 Å². The van der Waals surface area contributed by atoms with Crippen LogP contribution in [0.25, 0.3) is 16.8 Å². The van der Waals surface area contributed by atoms with Crippen LogP contribution < -0.4 is 19.6 Å². The lowest BCUT2D eigenvalue weighted by Crippen LogP contribution is -2.41. The fourth-order valence-corrected chi connectivity index (χ4v) is 5.64. The number of benzene rings is 3. The molecule has 0 N–H and O–H groups in total. The molecule has 0 aliphatic carbocycles. The topological polar surface area (TPSA) is 69.9 Å². The van der Waals surface area contributed by atoms with Crippen LogP contribution in [0, 0.1) is 0 Å². The highest BCUT2D eigenvalue weighted by Gasteiger charge is 2.45. The molecule has 0 bridgehead atoms. The number of carbonyl (C=O) groups is 1. The molecule has 6 nitrogen and oxygen atoms in total. The zero-order valence-corrected chi connectivity index (χ0v) is 22.2. The van der Waals surface area contributed by atoms with Crippen molar-refractivity contribution >= 4 is 45.8 Å². The predicted octanol–water partition coefficient (Wildman–Crippen LogP) is 5.16. The number of methoxy groups -OCH3 is 1. The molecule has 1 aliphatic rings. The Hall–Kier alpha value is -3.89. The van der Waals surface area contributed by atoms with Crippen LogP contribution in [0.5, 0.6) is 5.75 Å². The molecular weight excluding hydrogens is 553 g/mol. The summed E-state index contributed by atoms with van der Waals surface area (Å²) >= 11 is 6.81. The molecule has 1 aromatic heterocycles. The third kappa shape index (κ3) is 4.86. The zero-order valence-electron chi connectivity index (χ0n) is 20.6. The molecule has 3 aromatic carbocycles. The second-order valence-electron chi connectivity index (χ2n) is 8.52. The second kappa shape index (κ2) is 10.3. The van der Waals surface area contributed by atoms with Crippen LogP contribution in [0.4, 0.5) is 13.2 Å². The first-order chi connectivity index (χ1) is 18.6. The molecule has 2 heterocycles. The highest BCUT2D eigenvalue weighted by Crippen LogP contribution is 2.38. The van der Waals surface area contributed by atoms with Gasteiger partial charge in [-0.2, -0.15) is 13.2 Å². The van der Waals surface area contributed by atoms with Crippen molar-refractivity contribution in [3.8, 4) is 5.75 Å². The molecule has 11 heteroatoms. The summed E-state index contributed by atoms with van der Waals surface area (Å²) in [4.78, 5) is 30.4. The Morgan fingerprint density at radius 1 is 1.13 bits per heavy atom. The van der Waals surface area contributed by atoms with E-state index in [1.54, 1.807) is 12.1 Å². The molecule has 1 atom stereocenters. The Bertz CT molecular complexity index is 1810. The Morgan fingerprint density at radius 2 is 1.85 bits per heavy atom. The molecule has 200 valence electrons. The smallest absolute Gasteiger partial charge is 0.434 e. The fourth-order valence-electron chi connectivity index (χ4n) is 4.53. The molecule has 0 radical (unpaired) electrons. The molecule has 5 rings (SSSR count). The molecule has 0 saturated heterocycles. The van der Waals surface area contributed by atoms with Gasteiger partial charge in [0, 0.05) is 10.6 Å². The lowest BCUT2D eigenvalue weighted by atomic mass is 9.95. The summed E-state index contributed by atoms with van der Waals surface area (Å²) in [5.41, 5.74) is -1.96. The number of thiazole rings is 1. The number of alkyl halides is 3. The highest BCUT2D eigenvalue weighted by molar-refractivity contribution is 7.07. The SMILES string of the molecule is CCOC(=O)C1=C(C(F)(F)F)N=c2s/c(=C/c3c(OC)ccc4ccccc34)c(=O)n2[C@@H]1c1ccc(Cl)cc1. The number of hydrogen-bond donors (Lipinski definition) is 0. The lowest BCUT2D eigenvalue weighted by Gasteiger charge is -2.26. The van der Waals surface area contributed by atoms with E-state index in [0.29, 0.717) is 16.3 Å². The van der Waals surface area contributed by atoms with E-state index >= 15 is 0 Å². The summed E-state index contributed by atoms with van der Waals surface area (Å²) in [5, 5.41) is 2.02. The van der Waals surface area contributed by atoms with Crippen LogP contribution in [0.3, 0.4) is 0 Å². The van der Waals surface area contributed by atoms with Crippen LogP contribution in [-0.4, -0.2) is 30.4 Å². The maximum atomic E-state index is 14.3. The highest BCUT2D eigenvalue weighted by atomic mass is 35.5. The molecule has 0 unspecified atom stereocenters. The van der Waals surface area contributed by atoms with Gasteiger partial charge < -0.3 is 9.47 Å². The standard InChI is InChI=1S/C28H20ClF3N2O4S/c1-3-38-26(36)22-23(16-8-11-17(29)12-9-16)34-25(35)21(39-27(34)33-24(22)28(30,31)32)14-19-18-7-5-4-6-15(18)10-13-20(19)37-2/h4-14,23H,3H2,1-2H3/b21-14+/t23-/m1/s1. The van der Waals surface area contributed by atoms with Gasteiger partial charge >= 0.3 is 12.1 Å². The van der Waals surface area contributed by atoms with Crippen LogP contribution in [-0.2, 0) is 9.53 Å². The summed E-state index contributed by atoms with van der Waals surface area (Å²) in [5.74, 6) is -0.726. The van der Waals surface area contributed by atoms with Gasteiger partial charge in [0.2, 0.25) is 0 Å². The molecule has 4 aromatic rings. The van der Waals surface area contributed by atoms with Gasteiger partial charge in [-0.3, -0.25) is 9.36 Å². The molecule has 0 spiro atoms. The number of halogens is 4. The minimum absolute atomic E-state index is 0.119. The number of aromatic nitrogens is 1. The van der Waals surface area contributed by atoms with Crippen LogP contribution >= 0.6 is 22.9 Å². The monoisotopic (exact) mass is 572 g/mol. The van der Waals surface area contributed by atoms with E-state index in [2.05, 4.69) is 4.99 Å². The van der Waals surface area contributed by atoms with E-state index in [4.69, 9.17) is 21.1 Å². The van der Waals surface area contributed by atoms with Gasteiger partial charge in [0.1, 0.15) is 5.75 Å². The normalized spacial score (nSPS) is 15.7. The first-order valence-corrected chi connectivity index (χ1v) is 12.9. The van der Waals surface area contributed by atoms with Crippen molar-refractivity contribution in [3.05, 3.63) is 108 Å². The van der Waals surface area contributed by atoms with E-state index < -0.39 is 35.0 Å². The van der Waals surface area contributed by atoms with Crippen molar-refractivity contribution in [1.29, 1.82) is 0 Å². The Balaban J connectivity index is 1.85. The molecule has 0 saturated carbocycles. The first kappa shape index (κ1) is 26.7. The molecule has 39 heavy (non-hydrogen) atoms. The van der Waals surface area contributed by atoms with Crippen molar-refractivity contribution in [2.45, 2.75) is 19.1 Å². The number of esters is 1. The quantitative estimate of drug-likeness (QED) is 0.310. The number of ether oxygens (including phenoxy) is 2. The van der Waals surface area contributed by atoms with Crippen LogP contribution in [0.1, 0.15) is 24.1 Å². The van der Waals surface area contributed by atoms with Gasteiger partial charge in [-0.15, -0.1) is 0 Å². The first-order valence-electron chi connectivity index (χ1n) is 11.8. The summed E-state index contributed by atoms with van der Waals surface area (Å²) in [7, 11) is 1.49. The zero-order chi connectivity index (χ0) is 27.9. The van der Waals surface area contributed by atoms with Gasteiger partial charge in [0.25, 0.3) is 5.56 Å². The van der Waals surface area contributed by atoms with Crippen molar-refractivity contribution in [1.82, 2.24) is 4.57 Å². The lowest BCUT2D eigenvalue weighted by molar-refractivity contribution is -0.140. The van der Waals surface area contributed by atoms with E-state index in [-0.39, 0.29) is 21.5 Å². The largest absolute Gasteiger partial charge is 0.496 e. The third-order valence-electron chi connectivity index (χ3n) is 6.21. The van der Waals surface area contributed by atoms with Crippen molar-refractivity contribution in [3.63, 3.8) is 0 Å². The Morgan fingerprint density at radius 3 is 2.51 bits per heavy atom. The molecule has 0 fully saturated rings. The van der Waals surface area contributed by atoms with Gasteiger partial charge in [-0.25, -0.2) is 9.79 Å². The number of fused-ring (bicyclic) bond motifs is 2. The Kier molecular flexibility index (Phi) is 7.09. The molecule has 0 amide bonds. The Labute approximate surface area is 228 Å². The van der Waals surface area contributed by atoms with Gasteiger partial charge in [0.15, 0.2) is 10.5 Å². The predicted molar refractivity (Wildman–Crippen MR) is 143 cm³/mol. The summed E-state index contributed by atoms with van der Waals surface area (Å²) in [6, 6.07) is 15.5. The van der Waals surface area contributed by atoms with E-state index in [0.717, 1.165) is 26.7 Å². The number of rotatable bonds is 5. The summed E-state index contributed by atoms with van der Waals surface area (Å²) in [6.07, 6.45) is -3.41. The van der Waals surface area contributed by atoms with Crippen LogP contribution in [0.15, 0.2) is 81.7 Å². The van der Waals surface area contributed by atoms with Crippen molar-refractivity contribution < 1.29 is 27.4 Å². The number of nitrogens with zero attached hydrogens (tertiary/aromatic N) is 2. The van der Waals surface area contributed by atoms with Gasteiger partial charge in [-0.05, 0) is 47.5 Å². The summed E-state index contributed by atoms with van der Waals surface area (Å²) in [6.45, 7) is 1.32. The minimum Gasteiger partial charge on any atom is -0.496 e. The number of allylic oxidation sites excluding steroid dienone is 1. The van der Waals surface area contributed by atoms with Gasteiger partial charge in [0.05, 0.1) is 29.9 Å². The van der Waals surface area contributed by atoms with E-state index in [1.807, 2.05) is 30.3 Å². The second-order valence-corrected chi connectivity index (χ2v) is 9.96. The van der Waals surface area contributed by atoms with Crippen molar-refractivity contribution in [2.24, 2.45) is 4.99 Å². The number of hydrogen-bond acceptors (Lipinski definition) is 6. The maximum Gasteiger partial charge on any atom is 0.434 e. The molecular formula is C28H20ClF3N2O4S. The van der Waals surface area contributed by atoms with Crippen molar-refractivity contribution in [2.75, 3.05) is 13.7 Å². The maximum absolute atomic E-state index is 14.3. The molecule has 1 aliphatic heterocycles.